The first kappa shape index (κ1) is 35.7. The van der Waals surface area contributed by atoms with Crippen molar-refractivity contribution in [3.8, 4) is 39.1 Å². The molecule has 12 rings (SSSR count). The van der Waals surface area contributed by atoms with Crippen LogP contribution in [0.15, 0.2) is 243 Å². The summed E-state index contributed by atoms with van der Waals surface area (Å²) in [5.41, 5.74) is 14.1. The van der Waals surface area contributed by atoms with Crippen molar-refractivity contribution in [1.29, 1.82) is 0 Å². The second kappa shape index (κ2) is 14.8. The van der Waals surface area contributed by atoms with Crippen molar-refractivity contribution in [3.05, 3.63) is 243 Å². The zero-order valence-electron chi connectivity index (χ0n) is 34.0. The van der Waals surface area contributed by atoms with Gasteiger partial charge >= 0.3 is 0 Å². The van der Waals surface area contributed by atoms with E-state index in [0.717, 1.165) is 22.7 Å². The first-order chi connectivity index (χ1) is 30.8. The Kier molecular flexibility index (Phi) is 8.53. The number of aromatic nitrogens is 1. The van der Waals surface area contributed by atoms with E-state index in [1.807, 2.05) is 0 Å². The topological polar surface area (TPSA) is 8.17 Å². The molecular weight excluding hydrogens is 749 g/mol. The predicted octanol–water partition coefficient (Wildman–Crippen LogP) is 16.7. The van der Waals surface area contributed by atoms with Gasteiger partial charge in [-0.1, -0.05) is 188 Å². The van der Waals surface area contributed by atoms with Crippen LogP contribution in [0.5, 0.6) is 0 Å². The Labute approximate surface area is 360 Å². The second-order valence-corrected chi connectivity index (χ2v) is 16.1. The van der Waals surface area contributed by atoms with Crippen LogP contribution in [0.25, 0.3) is 93.2 Å². The van der Waals surface area contributed by atoms with Crippen LogP contribution >= 0.6 is 0 Å². The van der Waals surface area contributed by atoms with Crippen LogP contribution in [0.3, 0.4) is 0 Å². The van der Waals surface area contributed by atoms with Crippen LogP contribution < -0.4 is 4.90 Å². The van der Waals surface area contributed by atoms with Gasteiger partial charge in [0.05, 0.1) is 16.7 Å². The Morgan fingerprint density at radius 2 is 0.871 bits per heavy atom. The molecule has 11 aromatic carbocycles. The molecule has 0 spiro atoms. The number of hydrogen-bond acceptors (Lipinski definition) is 1. The zero-order valence-corrected chi connectivity index (χ0v) is 34.0. The van der Waals surface area contributed by atoms with E-state index in [2.05, 4.69) is 252 Å². The third-order valence-corrected chi connectivity index (χ3v) is 12.5. The minimum absolute atomic E-state index is 1.10. The molecule has 0 unspecified atom stereocenters. The van der Waals surface area contributed by atoms with E-state index in [1.54, 1.807) is 0 Å². The molecule has 0 N–H and O–H groups in total. The van der Waals surface area contributed by atoms with E-state index in [9.17, 15) is 0 Å². The van der Waals surface area contributed by atoms with E-state index < -0.39 is 0 Å². The molecule has 2 nitrogen and oxygen atoms in total. The summed E-state index contributed by atoms with van der Waals surface area (Å²) >= 11 is 0. The number of anilines is 3. The van der Waals surface area contributed by atoms with Gasteiger partial charge in [-0.2, -0.15) is 0 Å². The van der Waals surface area contributed by atoms with E-state index in [0.29, 0.717) is 0 Å². The lowest BCUT2D eigenvalue weighted by Crippen LogP contribution is -2.10. The highest BCUT2D eigenvalue weighted by Crippen LogP contribution is 2.46. The van der Waals surface area contributed by atoms with Crippen LogP contribution in [0, 0.1) is 0 Å². The number of benzene rings is 11. The number of fused-ring (bicyclic) bond motifs is 6. The number of hydrogen-bond donors (Lipinski definition) is 0. The summed E-state index contributed by atoms with van der Waals surface area (Å²) in [5, 5.41) is 9.88. The average molecular weight is 789 g/mol. The molecule has 2 heteroatoms. The van der Waals surface area contributed by atoms with Gasteiger partial charge in [-0.3, -0.25) is 0 Å². The van der Waals surface area contributed by atoms with Gasteiger partial charge < -0.3 is 9.47 Å². The smallest absolute Gasteiger partial charge is 0.0553 e. The van der Waals surface area contributed by atoms with E-state index in [1.165, 1.54) is 87.5 Å². The molecule has 0 aliphatic carbocycles. The third kappa shape index (κ3) is 5.96. The predicted molar refractivity (Wildman–Crippen MR) is 264 cm³/mol. The van der Waals surface area contributed by atoms with Crippen LogP contribution in [-0.4, -0.2) is 4.57 Å². The van der Waals surface area contributed by atoms with Crippen LogP contribution in [0.1, 0.15) is 0 Å². The lowest BCUT2D eigenvalue weighted by atomic mass is 9.92. The Bertz CT molecular complexity index is 3610. The molecule has 0 amide bonds. The fraction of sp³-hybridized carbons (Fsp3) is 0. The van der Waals surface area contributed by atoms with Gasteiger partial charge in [0.2, 0.25) is 0 Å². The van der Waals surface area contributed by atoms with Crippen molar-refractivity contribution in [2.75, 3.05) is 4.90 Å². The van der Waals surface area contributed by atoms with Crippen molar-refractivity contribution in [2.24, 2.45) is 0 Å². The zero-order chi connectivity index (χ0) is 41.0. The average Bonchev–Trinajstić information content (AvgIpc) is 3.67. The van der Waals surface area contributed by atoms with Crippen molar-refractivity contribution in [1.82, 2.24) is 4.57 Å². The van der Waals surface area contributed by atoms with Gasteiger partial charge in [0, 0.05) is 33.2 Å². The number of rotatable bonds is 7. The molecule has 12 aromatic rings. The number of nitrogens with zero attached hydrogens (tertiary/aromatic N) is 2. The van der Waals surface area contributed by atoms with E-state index in [-0.39, 0.29) is 0 Å². The molecule has 0 aliphatic rings. The van der Waals surface area contributed by atoms with Gasteiger partial charge in [-0.25, -0.2) is 0 Å². The first-order valence-electron chi connectivity index (χ1n) is 21.3. The fourth-order valence-electron chi connectivity index (χ4n) is 9.70. The van der Waals surface area contributed by atoms with Crippen LogP contribution in [0.2, 0.25) is 0 Å². The van der Waals surface area contributed by atoms with E-state index >= 15 is 0 Å². The molecule has 0 fully saturated rings. The third-order valence-electron chi connectivity index (χ3n) is 12.5. The summed E-state index contributed by atoms with van der Waals surface area (Å²) < 4.78 is 2.42. The molecule has 1 heterocycles. The Balaban J connectivity index is 1.01. The van der Waals surface area contributed by atoms with Crippen LogP contribution in [-0.2, 0) is 0 Å². The van der Waals surface area contributed by atoms with Crippen molar-refractivity contribution < 1.29 is 0 Å². The van der Waals surface area contributed by atoms with Crippen LogP contribution in [0.4, 0.5) is 17.1 Å². The first-order valence-corrected chi connectivity index (χ1v) is 21.3. The Hall–Kier alpha value is -8.20. The summed E-state index contributed by atoms with van der Waals surface area (Å²) in [5.74, 6) is 0. The molecule has 1 aromatic heterocycles. The van der Waals surface area contributed by atoms with Gasteiger partial charge in [0.15, 0.2) is 0 Å². The van der Waals surface area contributed by atoms with Crippen molar-refractivity contribution in [3.63, 3.8) is 0 Å². The minimum atomic E-state index is 1.10. The molecule has 62 heavy (non-hydrogen) atoms. The molecule has 0 radical (unpaired) electrons. The molecule has 0 aliphatic heterocycles. The summed E-state index contributed by atoms with van der Waals surface area (Å²) in [6.07, 6.45) is 0. The van der Waals surface area contributed by atoms with Gasteiger partial charge in [0.25, 0.3) is 0 Å². The lowest BCUT2D eigenvalue weighted by Gasteiger charge is -2.27. The lowest BCUT2D eigenvalue weighted by molar-refractivity contribution is 1.18. The number of para-hydroxylation sites is 2. The van der Waals surface area contributed by atoms with Gasteiger partial charge in [0.1, 0.15) is 0 Å². The molecule has 0 bridgehead atoms. The molecule has 0 saturated heterocycles. The highest BCUT2D eigenvalue weighted by Gasteiger charge is 2.21. The molecule has 0 atom stereocenters. The Morgan fingerprint density at radius 3 is 1.65 bits per heavy atom. The maximum absolute atomic E-state index is 2.43. The normalized spacial score (nSPS) is 11.5. The fourth-order valence-corrected chi connectivity index (χ4v) is 9.70. The summed E-state index contributed by atoms with van der Waals surface area (Å²) in [6.45, 7) is 0. The van der Waals surface area contributed by atoms with Gasteiger partial charge in [-0.05, 0) is 115 Å². The minimum Gasteiger partial charge on any atom is -0.310 e. The molecule has 0 saturated carbocycles. The van der Waals surface area contributed by atoms with Crippen molar-refractivity contribution >= 4 is 71.2 Å². The summed E-state index contributed by atoms with van der Waals surface area (Å²) in [7, 11) is 0. The van der Waals surface area contributed by atoms with Crippen molar-refractivity contribution in [2.45, 2.75) is 0 Å². The maximum Gasteiger partial charge on any atom is 0.0553 e. The molecular formula is C60H40N2. The van der Waals surface area contributed by atoms with Gasteiger partial charge in [-0.15, -0.1) is 0 Å². The van der Waals surface area contributed by atoms with E-state index in [4.69, 9.17) is 0 Å². The largest absolute Gasteiger partial charge is 0.310 e. The second-order valence-electron chi connectivity index (χ2n) is 16.1. The summed E-state index contributed by atoms with van der Waals surface area (Å²) in [4.78, 5) is 2.43. The SMILES string of the molecule is c1ccc(-n2c3ccccc3c3c(-c4cccc(N(c5ccc(-c6ccc(-c7cccc8ccccc78)cc6)cc5)c5cccc6ccccc56)c4)c4ccccc4cc32)cc1. The quantitative estimate of drug-likeness (QED) is 0.156. The summed E-state index contributed by atoms with van der Waals surface area (Å²) in [6, 6.07) is 88.5. The standard InChI is InChI=1S/C60H40N2/c1-2-21-48(22-3-1)62-57-29-11-10-27-55(57)60-58(62)40-46-17-6-9-26-54(46)59(60)47-20-12-23-50(39-47)61(56-30-14-19-44-16-5-8-25-53(44)56)49-37-35-42(36-38-49)41-31-33-45(34-32-41)52-28-13-18-43-15-4-7-24-51(43)52/h1-40H. The highest BCUT2D eigenvalue weighted by molar-refractivity contribution is 6.23. The Morgan fingerprint density at radius 1 is 0.306 bits per heavy atom. The highest BCUT2D eigenvalue weighted by atomic mass is 15.1. The molecule has 290 valence electrons. The monoisotopic (exact) mass is 788 g/mol. The maximum atomic E-state index is 2.43.